The summed E-state index contributed by atoms with van der Waals surface area (Å²) < 4.78 is 5.39. The van der Waals surface area contributed by atoms with Gasteiger partial charge in [-0.1, -0.05) is 20.3 Å². The van der Waals surface area contributed by atoms with Crippen LogP contribution >= 0.6 is 0 Å². The minimum Gasteiger partial charge on any atom is -0.384 e. The van der Waals surface area contributed by atoms with Crippen LogP contribution in [0.4, 0.5) is 0 Å². The maximum absolute atomic E-state index is 13.2. The lowest BCUT2D eigenvalue weighted by Gasteiger charge is -2.44. The van der Waals surface area contributed by atoms with Crippen molar-refractivity contribution in [1.29, 1.82) is 0 Å². The normalized spacial score (nSPS) is 28.5. The quantitative estimate of drug-likeness (QED) is 0.754. The number of methoxy groups -OCH3 is 1. The van der Waals surface area contributed by atoms with E-state index in [0.29, 0.717) is 24.5 Å². The summed E-state index contributed by atoms with van der Waals surface area (Å²) >= 11 is 0. The molecule has 0 radical (unpaired) electrons. The van der Waals surface area contributed by atoms with Gasteiger partial charge in [0, 0.05) is 39.3 Å². The lowest BCUT2D eigenvalue weighted by Crippen LogP contribution is -2.53. The van der Waals surface area contributed by atoms with E-state index in [0.717, 1.165) is 44.8 Å². The van der Waals surface area contributed by atoms with Crippen molar-refractivity contribution in [2.24, 2.45) is 17.3 Å². The Morgan fingerprint density at radius 3 is 2.48 bits per heavy atom. The van der Waals surface area contributed by atoms with Crippen molar-refractivity contribution in [1.82, 2.24) is 9.80 Å². The smallest absolute Gasteiger partial charge is 0.231 e. The Hall–Kier alpha value is -0.610. The molecule has 2 saturated carbocycles. The van der Waals surface area contributed by atoms with Crippen LogP contribution in [0.2, 0.25) is 0 Å². The van der Waals surface area contributed by atoms with Crippen LogP contribution in [0.3, 0.4) is 0 Å². The van der Waals surface area contributed by atoms with E-state index in [4.69, 9.17) is 4.74 Å². The fraction of sp³-hybridized carbons (Fsp3) is 0.947. The highest BCUT2D eigenvalue weighted by molar-refractivity contribution is 5.84. The maximum atomic E-state index is 13.2. The van der Waals surface area contributed by atoms with Gasteiger partial charge in [0.05, 0.1) is 12.0 Å². The van der Waals surface area contributed by atoms with E-state index >= 15 is 0 Å². The van der Waals surface area contributed by atoms with Crippen molar-refractivity contribution in [2.45, 2.75) is 58.4 Å². The summed E-state index contributed by atoms with van der Waals surface area (Å²) in [7, 11) is 1.73. The van der Waals surface area contributed by atoms with E-state index < -0.39 is 0 Å². The Kier molecular flexibility index (Phi) is 5.32. The molecule has 0 spiro atoms. The molecule has 0 bridgehead atoms. The molecular formula is C19H34N2O2. The van der Waals surface area contributed by atoms with Crippen LogP contribution < -0.4 is 0 Å². The predicted octanol–water partition coefficient (Wildman–Crippen LogP) is 2.77. The third-order valence-electron chi connectivity index (χ3n) is 6.18. The number of hydrogen-bond acceptors (Lipinski definition) is 3. The van der Waals surface area contributed by atoms with Crippen LogP contribution in [0.15, 0.2) is 0 Å². The molecule has 0 aromatic rings. The highest BCUT2D eigenvalue weighted by atomic mass is 16.5. The van der Waals surface area contributed by atoms with E-state index in [9.17, 15) is 4.79 Å². The second-order valence-electron chi connectivity index (χ2n) is 8.42. The summed E-state index contributed by atoms with van der Waals surface area (Å²) in [5.41, 5.74) is -0.206. The van der Waals surface area contributed by atoms with Gasteiger partial charge in [-0.3, -0.25) is 9.69 Å². The van der Waals surface area contributed by atoms with Gasteiger partial charge in [-0.2, -0.15) is 0 Å². The monoisotopic (exact) mass is 322 g/mol. The summed E-state index contributed by atoms with van der Waals surface area (Å²) in [5, 5.41) is 0. The van der Waals surface area contributed by atoms with Gasteiger partial charge in [-0.05, 0) is 43.9 Å². The molecule has 3 rings (SSSR count). The first kappa shape index (κ1) is 17.2. The number of hydrogen-bond donors (Lipinski definition) is 0. The molecule has 23 heavy (non-hydrogen) atoms. The molecule has 1 amide bonds. The van der Waals surface area contributed by atoms with Gasteiger partial charge < -0.3 is 9.64 Å². The standard InChI is InChI=1S/C19H34N2O2/c1-15(2)17-13-21(11-5-10-20(17)12-16-6-7-16)18(22)19(14-23-3)8-4-9-19/h15-17H,4-14H2,1-3H3/t17-/m1/s1. The van der Waals surface area contributed by atoms with Crippen molar-refractivity contribution in [3.8, 4) is 0 Å². The topological polar surface area (TPSA) is 32.8 Å². The van der Waals surface area contributed by atoms with Gasteiger partial charge >= 0.3 is 0 Å². The molecule has 0 aromatic heterocycles. The van der Waals surface area contributed by atoms with Gasteiger partial charge in [0.15, 0.2) is 0 Å². The van der Waals surface area contributed by atoms with Gasteiger partial charge in [0.1, 0.15) is 0 Å². The highest BCUT2D eigenvalue weighted by Gasteiger charge is 2.47. The first-order chi connectivity index (χ1) is 11.1. The molecule has 0 N–H and O–H groups in total. The molecule has 1 saturated heterocycles. The lowest BCUT2D eigenvalue weighted by molar-refractivity contribution is -0.152. The van der Waals surface area contributed by atoms with Gasteiger partial charge in [-0.15, -0.1) is 0 Å². The van der Waals surface area contributed by atoms with E-state index in [1.807, 2.05) is 0 Å². The van der Waals surface area contributed by atoms with E-state index in [-0.39, 0.29) is 5.41 Å². The number of carbonyl (C=O) groups is 1. The Bertz CT molecular complexity index is 416. The molecule has 4 nitrogen and oxygen atoms in total. The predicted molar refractivity (Wildman–Crippen MR) is 92.3 cm³/mol. The zero-order valence-electron chi connectivity index (χ0n) is 15.2. The average Bonchev–Trinajstić information content (AvgIpc) is 3.29. The number of nitrogens with zero attached hydrogens (tertiary/aromatic N) is 2. The first-order valence-corrected chi connectivity index (χ1v) is 9.58. The minimum absolute atomic E-state index is 0.206. The molecule has 1 aliphatic heterocycles. The van der Waals surface area contributed by atoms with Crippen molar-refractivity contribution in [2.75, 3.05) is 39.9 Å². The maximum Gasteiger partial charge on any atom is 0.231 e. The molecule has 132 valence electrons. The molecule has 0 aromatic carbocycles. The van der Waals surface area contributed by atoms with Gasteiger partial charge in [0.25, 0.3) is 0 Å². The summed E-state index contributed by atoms with van der Waals surface area (Å²) in [6, 6.07) is 0.515. The molecule has 1 heterocycles. The van der Waals surface area contributed by atoms with Crippen molar-refractivity contribution in [3.05, 3.63) is 0 Å². The van der Waals surface area contributed by atoms with Crippen molar-refractivity contribution < 1.29 is 9.53 Å². The fourth-order valence-electron chi connectivity index (χ4n) is 4.37. The Labute approximate surface area is 141 Å². The Morgan fingerprint density at radius 1 is 1.22 bits per heavy atom. The average molecular weight is 322 g/mol. The van der Waals surface area contributed by atoms with Crippen LogP contribution in [0.25, 0.3) is 0 Å². The van der Waals surface area contributed by atoms with E-state index in [1.54, 1.807) is 7.11 Å². The zero-order chi connectivity index (χ0) is 16.4. The number of rotatable bonds is 6. The molecule has 0 unspecified atom stereocenters. The molecule has 4 heteroatoms. The van der Waals surface area contributed by atoms with Crippen molar-refractivity contribution >= 4 is 5.91 Å². The van der Waals surface area contributed by atoms with Crippen LogP contribution in [-0.2, 0) is 9.53 Å². The van der Waals surface area contributed by atoms with Crippen LogP contribution in [0, 0.1) is 17.3 Å². The Morgan fingerprint density at radius 2 is 1.96 bits per heavy atom. The molecular weight excluding hydrogens is 288 g/mol. The summed E-state index contributed by atoms with van der Waals surface area (Å²) in [5.74, 6) is 1.89. The fourth-order valence-corrected chi connectivity index (χ4v) is 4.37. The third kappa shape index (κ3) is 3.74. The lowest BCUT2D eigenvalue weighted by atomic mass is 9.68. The molecule has 1 atom stereocenters. The van der Waals surface area contributed by atoms with Crippen LogP contribution in [0.1, 0.15) is 52.4 Å². The van der Waals surface area contributed by atoms with Gasteiger partial charge in [0.2, 0.25) is 5.91 Å². The highest BCUT2D eigenvalue weighted by Crippen LogP contribution is 2.43. The van der Waals surface area contributed by atoms with Crippen LogP contribution in [-0.4, -0.2) is 61.6 Å². The third-order valence-corrected chi connectivity index (χ3v) is 6.18. The second-order valence-corrected chi connectivity index (χ2v) is 8.42. The Balaban J connectivity index is 1.68. The SMILES string of the molecule is COCC1(C(=O)N2CCCN(CC3CC3)[C@@H](C(C)C)C2)CCC1. The summed E-state index contributed by atoms with van der Waals surface area (Å²) in [6.45, 7) is 9.46. The molecule has 3 aliphatic rings. The number of amides is 1. The van der Waals surface area contributed by atoms with E-state index in [1.165, 1.54) is 25.8 Å². The molecule has 2 aliphatic carbocycles. The summed E-state index contributed by atoms with van der Waals surface area (Å²) in [6.07, 6.45) is 7.11. The van der Waals surface area contributed by atoms with Crippen molar-refractivity contribution in [3.63, 3.8) is 0 Å². The summed E-state index contributed by atoms with van der Waals surface area (Å²) in [4.78, 5) is 18.0. The minimum atomic E-state index is -0.206. The molecule has 3 fully saturated rings. The zero-order valence-corrected chi connectivity index (χ0v) is 15.2. The van der Waals surface area contributed by atoms with Crippen LogP contribution in [0.5, 0.6) is 0 Å². The van der Waals surface area contributed by atoms with E-state index in [2.05, 4.69) is 23.6 Å². The number of ether oxygens (including phenoxy) is 1. The second kappa shape index (κ2) is 7.10. The first-order valence-electron chi connectivity index (χ1n) is 9.58. The number of carbonyl (C=O) groups excluding carboxylic acids is 1. The largest absolute Gasteiger partial charge is 0.384 e. The van der Waals surface area contributed by atoms with Gasteiger partial charge in [-0.25, -0.2) is 0 Å².